The van der Waals surface area contributed by atoms with Gasteiger partial charge in [-0.25, -0.2) is 4.98 Å². The number of nitriles is 2. The van der Waals surface area contributed by atoms with Gasteiger partial charge in [0, 0.05) is 6.20 Å². The van der Waals surface area contributed by atoms with E-state index in [0.29, 0.717) is 16.2 Å². The molecule has 0 spiro atoms. The number of aromatic nitrogens is 1. The lowest BCUT2D eigenvalue weighted by Gasteiger charge is -2.02. The summed E-state index contributed by atoms with van der Waals surface area (Å²) in [6, 6.07) is 5.70. The molecule has 1 aromatic heterocycles. The van der Waals surface area contributed by atoms with E-state index in [2.05, 4.69) is 18.0 Å². The Balaban J connectivity index is 3.09. The molecule has 0 saturated carbocycles. The zero-order valence-corrected chi connectivity index (χ0v) is 8.64. The number of rotatable bonds is 3. The molecule has 0 aliphatic heterocycles. The first-order valence-corrected chi connectivity index (χ1v) is 5.24. The van der Waals surface area contributed by atoms with Crippen molar-refractivity contribution in [3.8, 4) is 12.1 Å². The molecule has 1 rings (SSSR count). The second kappa shape index (κ2) is 5.26. The predicted molar refractivity (Wildman–Crippen MR) is 54.7 cm³/mol. The van der Waals surface area contributed by atoms with Crippen LogP contribution in [0.1, 0.15) is 24.6 Å². The van der Waals surface area contributed by atoms with Gasteiger partial charge < -0.3 is 0 Å². The molecule has 0 aliphatic rings. The average Bonchev–Trinajstić information content (AvgIpc) is 2.25. The maximum atomic E-state index is 8.84. The van der Waals surface area contributed by atoms with Gasteiger partial charge in [0.05, 0.1) is 10.5 Å². The van der Waals surface area contributed by atoms with E-state index in [1.165, 1.54) is 18.0 Å². The fourth-order valence-electron chi connectivity index (χ4n) is 0.966. The highest BCUT2D eigenvalue weighted by atomic mass is 32.2. The molecule has 3 nitrogen and oxygen atoms in total. The Hall–Kier alpha value is -1.52. The summed E-state index contributed by atoms with van der Waals surface area (Å²) in [4.78, 5) is 4.63. The number of hydrogen-bond donors (Lipinski definition) is 0. The van der Waals surface area contributed by atoms with Crippen molar-refractivity contribution in [2.24, 2.45) is 0 Å². The van der Waals surface area contributed by atoms with Crippen LogP contribution in [0.5, 0.6) is 0 Å². The average molecular weight is 203 g/mol. The highest BCUT2D eigenvalue weighted by molar-refractivity contribution is 7.99. The van der Waals surface area contributed by atoms with Crippen molar-refractivity contribution in [3.05, 3.63) is 23.5 Å². The van der Waals surface area contributed by atoms with Crippen molar-refractivity contribution in [1.29, 1.82) is 10.5 Å². The molecule has 0 amide bonds. The lowest BCUT2D eigenvalue weighted by atomic mass is 10.2. The third kappa shape index (κ3) is 2.25. The van der Waals surface area contributed by atoms with E-state index in [1.807, 2.05) is 6.07 Å². The van der Waals surface area contributed by atoms with Gasteiger partial charge in [0.15, 0.2) is 5.69 Å². The number of nitrogens with zero attached hydrogens (tertiary/aromatic N) is 3. The summed E-state index contributed by atoms with van der Waals surface area (Å²) < 4.78 is 0. The van der Waals surface area contributed by atoms with Crippen molar-refractivity contribution in [1.82, 2.24) is 4.98 Å². The number of pyridine rings is 1. The minimum absolute atomic E-state index is 0.350. The van der Waals surface area contributed by atoms with Crippen LogP contribution < -0.4 is 0 Å². The van der Waals surface area contributed by atoms with Gasteiger partial charge in [0.1, 0.15) is 12.1 Å². The second-order valence-corrected chi connectivity index (χ2v) is 3.71. The van der Waals surface area contributed by atoms with E-state index in [9.17, 15) is 0 Å². The molecule has 1 aromatic rings. The van der Waals surface area contributed by atoms with Gasteiger partial charge in [-0.1, -0.05) is 6.92 Å². The van der Waals surface area contributed by atoms with Crippen LogP contribution in [0.3, 0.4) is 0 Å². The van der Waals surface area contributed by atoms with E-state index >= 15 is 0 Å². The van der Waals surface area contributed by atoms with Gasteiger partial charge in [-0.05, 0) is 18.2 Å². The molecule has 0 radical (unpaired) electrons. The molecule has 0 aliphatic carbocycles. The van der Waals surface area contributed by atoms with E-state index in [0.717, 1.165) is 12.2 Å². The molecule has 0 bridgehead atoms. The monoisotopic (exact) mass is 203 g/mol. The Morgan fingerprint density at radius 2 is 2.21 bits per heavy atom. The van der Waals surface area contributed by atoms with Gasteiger partial charge in [-0.2, -0.15) is 10.5 Å². The van der Waals surface area contributed by atoms with E-state index in [4.69, 9.17) is 10.5 Å². The lowest BCUT2D eigenvalue weighted by molar-refractivity contribution is 1.09. The number of thioether (sulfide) groups is 1. The molecule has 0 aromatic carbocycles. The van der Waals surface area contributed by atoms with Crippen molar-refractivity contribution < 1.29 is 0 Å². The first-order valence-electron chi connectivity index (χ1n) is 4.25. The van der Waals surface area contributed by atoms with Crippen LogP contribution in [0.15, 0.2) is 17.2 Å². The SMILES string of the molecule is CCCSc1c(C#N)ccnc1C#N. The zero-order chi connectivity index (χ0) is 10.4. The quantitative estimate of drug-likeness (QED) is 0.707. The molecule has 1 heterocycles. The maximum absolute atomic E-state index is 8.84. The summed E-state index contributed by atoms with van der Waals surface area (Å²) >= 11 is 1.52. The minimum Gasteiger partial charge on any atom is -0.244 e. The highest BCUT2D eigenvalue weighted by Gasteiger charge is 2.08. The fourth-order valence-corrected chi connectivity index (χ4v) is 1.88. The van der Waals surface area contributed by atoms with Crippen LogP contribution >= 0.6 is 11.8 Å². The Kier molecular flexibility index (Phi) is 3.97. The van der Waals surface area contributed by atoms with Gasteiger partial charge in [-0.3, -0.25) is 0 Å². The molecule has 0 unspecified atom stereocenters. The topological polar surface area (TPSA) is 60.5 Å². The van der Waals surface area contributed by atoms with Gasteiger partial charge in [-0.15, -0.1) is 11.8 Å². The van der Waals surface area contributed by atoms with E-state index in [1.54, 1.807) is 6.07 Å². The highest BCUT2D eigenvalue weighted by Crippen LogP contribution is 2.25. The van der Waals surface area contributed by atoms with Crippen LogP contribution in [0, 0.1) is 22.7 Å². The molecular weight excluding hydrogens is 194 g/mol. The molecule has 0 saturated heterocycles. The first-order chi connectivity index (χ1) is 6.83. The van der Waals surface area contributed by atoms with Crippen LogP contribution in [0.25, 0.3) is 0 Å². The molecule has 14 heavy (non-hydrogen) atoms. The van der Waals surface area contributed by atoms with Gasteiger partial charge in [0.25, 0.3) is 0 Å². The van der Waals surface area contributed by atoms with E-state index < -0.39 is 0 Å². The molecular formula is C10H9N3S. The maximum Gasteiger partial charge on any atom is 0.155 e. The van der Waals surface area contributed by atoms with Crippen LogP contribution in [0.4, 0.5) is 0 Å². The normalized spacial score (nSPS) is 9.07. The van der Waals surface area contributed by atoms with Crippen molar-refractivity contribution in [2.75, 3.05) is 5.75 Å². The Bertz CT molecular complexity index is 369. The third-order valence-corrected chi connectivity index (χ3v) is 2.90. The lowest BCUT2D eigenvalue weighted by Crippen LogP contribution is -1.91. The van der Waals surface area contributed by atoms with Crippen molar-refractivity contribution in [3.63, 3.8) is 0 Å². The summed E-state index contributed by atoms with van der Waals surface area (Å²) in [5, 5.41) is 17.6. The smallest absolute Gasteiger partial charge is 0.155 e. The first kappa shape index (κ1) is 10.6. The largest absolute Gasteiger partial charge is 0.244 e. The fraction of sp³-hybridized carbons (Fsp3) is 0.300. The summed E-state index contributed by atoms with van der Waals surface area (Å²) in [7, 11) is 0. The third-order valence-electron chi connectivity index (χ3n) is 1.58. The van der Waals surface area contributed by atoms with Crippen molar-refractivity contribution >= 4 is 11.8 Å². The molecule has 0 N–H and O–H groups in total. The number of hydrogen-bond acceptors (Lipinski definition) is 4. The molecule has 4 heteroatoms. The summed E-state index contributed by atoms with van der Waals surface area (Å²) in [5.41, 5.74) is 0.887. The second-order valence-electron chi connectivity index (χ2n) is 2.61. The van der Waals surface area contributed by atoms with Crippen LogP contribution in [-0.4, -0.2) is 10.7 Å². The van der Waals surface area contributed by atoms with E-state index in [-0.39, 0.29) is 0 Å². The Morgan fingerprint density at radius 1 is 1.43 bits per heavy atom. The summed E-state index contributed by atoms with van der Waals surface area (Å²) in [6.07, 6.45) is 2.50. The Morgan fingerprint density at radius 3 is 2.79 bits per heavy atom. The molecule has 0 atom stereocenters. The molecule has 70 valence electrons. The Labute approximate surface area is 87.4 Å². The molecule has 0 fully saturated rings. The van der Waals surface area contributed by atoms with Gasteiger partial charge in [0.2, 0.25) is 0 Å². The zero-order valence-electron chi connectivity index (χ0n) is 7.82. The minimum atomic E-state index is 0.350. The standard InChI is InChI=1S/C10H9N3S/c1-2-5-14-10-8(6-11)3-4-13-9(10)7-12/h3-4H,2,5H2,1H3. The van der Waals surface area contributed by atoms with Crippen molar-refractivity contribution in [2.45, 2.75) is 18.2 Å². The van der Waals surface area contributed by atoms with Crippen LogP contribution in [0.2, 0.25) is 0 Å². The van der Waals surface area contributed by atoms with Gasteiger partial charge >= 0.3 is 0 Å². The summed E-state index contributed by atoms with van der Waals surface area (Å²) in [6.45, 7) is 2.06. The summed E-state index contributed by atoms with van der Waals surface area (Å²) in [5.74, 6) is 0.898. The predicted octanol–water partition coefficient (Wildman–Crippen LogP) is 2.33. The van der Waals surface area contributed by atoms with Crippen LogP contribution in [-0.2, 0) is 0 Å².